The van der Waals surface area contributed by atoms with E-state index in [1.54, 1.807) is 0 Å². The monoisotopic (exact) mass is 339 g/mol. The smallest absolute Gasteiger partial charge is 0.315 e. The molecule has 1 heterocycles. The quantitative estimate of drug-likeness (QED) is 0.746. The van der Waals surface area contributed by atoms with E-state index in [1.165, 1.54) is 0 Å². The van der Waals surface area contributed by atoms with E-state index in [2.05, 4.69) is 15.5 Å². The van der Waals surface area contributed by atoms with Crippen molar-refractivity contribution in [2.75, 3.05) is 31.1 Å². The third-order valence-corrected chi connectivity index (χ3v) is 4.50. The van der Waals surface area contributed by atoms with Crippen LogP contribution in [0, 0.1) is 5.92 Å². The van der Waals surface area contributed by atoms with Gasteiger partial charge in [-0.15, -0.1) is 0 Å². The van der Waals surface area contributed by atoms with Gasteiger partial charge in [-0.05, 0) is 37.3 Å². The lowest BCUT2D eigenvalue weighted by Gasteiger charge is -2.35. The SMILES string of the molecule is C[C@H](CCO)CNC(=O)N[C@H]1CCCN(c2ccccc2Cl)C1. The summed E-state index contributed by atoms with van der Waals surface area (Å²) in [6.45, 7) is 4.46. The zero-order valence-corrected chi connectivity index (χ0v) is 14.4. The summed E-state index contributed by atoms with van der Waals surface area (Å²) in [5, 5.41) is 15.5. The first-order chi connectivity index (χ1) is 11.1. The number of halogens is 1. The van der Waals surface area contributed by atoms with Gasteiger partial charge in [0, 0.05) is 32.3 Å². The van der Waals surface area contributed by atoms with Gasteiger partial charge in [0.05, 0.1) is 10.7 Å². The topological polar surface area (TPSA) is 64.6 Å². The molecule has 3 N–H and O–H groups in total. The van der Waals surface area contributed by atoms with Crippen LogP contribution in [0.5, 0.6) is 0 Å². The number of anilines is 1. The van der Waals surface area contributed by atoms with Crippen LogP contribution in [0.1, 0.15) is 26.2 Å². The zero-order valence-electron chi connectivity index (χ0n) is 13.6. The number of nitrogens with zero attached hydrogens (tertiary/aromatic N) is 1. The molecule has 2 rings (SSSR count). The summed E-state index contributed by atoms with van der Waals surface area (Å²) in [5.41, 5.74) is 1.03. The minimum atomic E-state index is -0.138. The summed E-state index contributed by atoms with van der Waals surface area (Å²) < 4.78 is 0. The molecule has 1 aromatic rings. The van der Waals surface area contributed by atoms with Gasteiger partial charge in [-0.3, -0.25) is 0 Å². The number of amides is 2. The Kier molecular flexibility index (Phi) is 6.99. The molecule has 2 amide bonds. The van der Waals surface area contributed by atoms with Crippen LogP contribution in [0.4, 0.5) is 10.5 Å². The molecule has 0 aromatic heterocycles. The number of hydrogen-bond donors (Lipinski definition) is 3. The highest BCUT2D eigenvalue weighted by Gasteiger charge is 2.22. The minimum absolute atomic E-state index is 0.119. The molecule has 0 radical (unpaired) electrons. The Morgan fingerprint density at radius 1 is 1.48 bits per heavy atom. The fraction of sp³-hybridized carbons (Fsp3) is 0.588. The van der Waals surface area contributed by atoms with Crippen LogP contribution in [-0.4, -0.2) is 43.4 Å². The van der Waals surface area contributed by atoms with Gasteiger partial charge in [0.1, 0.15) is 0 Å². The van der Waals surface area contributed by atoms with E-state index in [0.29, 0.717) is 13.0 Å². The number of carbonyl (C=O) groups excluding carboxylic acids is 1. The molecule has 0 bridgehead atoms. The van der Waals surface area contributed by atoms with E-state index in [9.17, 15) is 4.79 Å². The lowest BCUT2D eigenvalue weighted by atomic mass is 10.0. The number of piperidine rings is 1. The average molecular weight is 340 g/mol. The predicted octanol–water partition coefficient (Wildman–Crippen LogP) is 2.63. The summed E-state index contributed by atoms with van der Waals surface area (Å²) in [7, 11) is 0. The molecular formula is C17H26ClN3O2. The Hall–Kier alpha value is -1.46. The Labute approximate surface area is 143 Å². The maximum atomic E-state index is 12.0. The van der Waals surface area contributed by atoms with Gasteiger partial charge in [0.2, 0.25) is 0 Å². The van der Waals surface area contributed by atoms with Crippen molar-refractivity contribution in [2.45, 2.75) is 32.2 Å². The number of nitrogens with one attached hydrogen (secondary N) is 2. The number of aliphatic hydroxyl groups excluding tert-OH is 1. The molecule has 128 valence electrons. The van der Waals surface area contributed by atoms with E-state index >= 15 is 0 Å². The van der Waals surface area contributed by atoms with Crippen molar-refractivity contribution in [3.63, 3.8) is 0 Å². The highest BCUT2D eigenvalue weighted by molar-refractivity contribution is 6.33. The molecule has 2 atom stereocenters. The molecular weight excluding hydrogens is 314 g/mol. The van der Waals surface area contributed by atoms with Crippen LogP contribution in [0.25, 0.3) is 0 Å². The lowest BCUT2D eigenvalue weighted by Crippen LogP contribution is -2.51. The Balaban J connectivity index is 1.82. The second-order valence-electron chi connectivity index (χ2n) is 6.21. The number of benzene rings is 1. The van der Waals surface area contributed by atoms with Gasteiger partial charge in [-0.1, -0.05) is 30.7 Å². The number of hydrogen-bond acceptors (Lipinski definition) is 3. The second kappa shape index (κ2) is 8.99. The molecule has 0 spiro atoms. The first kappa shape index (κ1) is 17.9. The van der Waals surface area contributed by atoms with Crippen LogP contribution >= 0.6 is 11.6 Å². The largest absolute Gasteiger partial charge is 0.396 e. The van der Waals surface area contributed by atoms with Crippen LogP contribution in [0.15, 0.2) is 24.3 Å². The predicted molar refractivity (Wildman–Crippen MR) is 94.1 cm³/mol. The van der Waals surface area contributed by atoms with Crippen LogP contribution in [0.3, 0.4) is 0 Å². The van der Waals surface area contributed by atoms with Crippen molar-refractivity contribution in [2.24, 2.45) is 5.92 Å². The molecule has 23 heavy (non-hydrogen) atoms. The third kappa shape index (κ3) is 5.59. The van der Waals surface area contributed by atoms with Crippen molar-refractivity contribution in [1.82, 2.24) is 10.6 Å². The van der Waals surface area contributed by atoms with Gasteiger partial charge < -0.3 is 20.6 Å². The standard InChI is InChI=1S/C17H26ClN3O2/c1-13(8-10-22)11-19-17(23)20-14-5-4-9-21(12-14)16-7-3-2-6-15(16)18/h2-3,6-7,13-14,22H,4-5,8-12H2,1H3,(H2,19,20,23)/t13-,14+/m1/s1. The van der Waals surface area contributed by atoms with Crippen molar-refractivity contribution in [3.05, 3.63) is 29.3 Å². The van der Waals surface area contributed by atoms with Gasteiger partial charge >= 0.3 is 6.03 Å². The third-order valence-electron chi connectivity index (χ3n) is 4.18. The van der Waals surface area contributed by atoms with Crippen LogP contribution in [-0.2, 0) is 0 Å². The van der Waals surface area contributed by atoms with E-state index in [-0.39, 0.29) is 24.6 Å². The summed E-state index contributed by atoms with van der Waals surface area (Å²) in [6.07, 6.45) is 2.70. The summed E-state index contributed by atoms with van der Waals surface area (Å²) >= 11 is 6.26. The molecule has 5 nitrogen and oxygen atoms in total. The summed E-state index contributed by atoms with van der Waals surface area (Å²) in [5.74, 6) is 0.275. The fourth-order valence-electron chi connectivity index (χ4n) is 2.85. The fourth-order valence-corrected chi connectivity index (χ4v) is 3.10. The Morgan fingerprint density at radius 2 is 2.26 bits per heavy atom. The lowest BCUT2D eigenvalue weighted by molar-refractivity contribution is 0.229. The van der Waals surface area contributed by atoms with Gasteiger partial charge in [0.15, 0.2) is 0 Å². The molecule has 0 unspecified atom stereocenters. The van der Waals surface area contributed by atoms with Crippen LogP contribution in [0.2, 0.25) is 5.02 Å². The number of aliphatic hydroxyl groups is 1. The molecule has 0 saturated carbocycles. The maximum absolute atomic E-state index is 12.0. The van der Waals surface area contributed by atoms with Crippen molar-refractivity contribution < 1.29 is 9.90 Å². The number of rotatable bonds is 6. The van der Waals surface area contributed by atoms with Crippen molar-refractivity contribution in [3.8, 4) is 0 Å². The molecule has 1 aliphatic heterocycles. The molecule has 6 heteroatoms. The molecule has 1 aliphatic rings. The summed E-state index contributed by atoms with van der Waals surface area (Å²) in [6, 6.07) is 7.79. The average Bonchev–Trinajstić information content (AvgIpc) is 2.54. The van der Waals surface area contributed by atoms with Crippen LogP contribution < -0.4 is 15.5 Å². The minimum Gasteiger partial charge on any atom is -0.396 e. The van der Waals surface area contributed by atoms with Crippen molar-refractivity contribution >= 4 is 23.3 Å². The molecule has 0 aliphatic carbocycles. The van der Waals surface area contributed by atoms with E-state index in [1.807, 2.05) is 31.2 Å². The normalized spacial score (nSPS) is 19.3. The van der Waals surface area contributed by atoms with Gasteiger partial charge in [0.25, 0.3) is 0 Å². The number of urea groups is 1. The first-order valence-electron chi connectivity index (χ1n) is 8.25. The van der Waals surface area contributed by atoms with Gasteiger partial charge in [-0.25, -0.2) is 4.79 Å². The summed E-state index contributed by atoms with van der Waals surface area (Å²) in [4.78, 5) is 14.2. The van der Waals surface area contributed by atoms with E-state index in [4.69, 9.17) is 16.7 Å². The van der Waals surface area contributed by atoms with E-state index in [0.717, 1.165) is 36.6 Å². The van der Waals surface area contributed by atoms with E-state index < -0.39 is 0 Å². The zero-order chi connectivity index (χ0) is 16.7. The molecule has 1 aromatic carbocycles. The maximum Gasteiger partial charge on any atom is 0.315 e. The molecule has 1 fully saturated rings. The number of para-hydroxylation sites is 1. The molecule has 1 saturated heterocycles. The highest BCUT2D eigenvalue weighted by atomic mass is 35.5. The van der Waals surface area contributed by atoms with Gasteiger partial charge in [-0.2, -0.15) is 0 Å². The Bertz CT molecular complexity index is 512. The first-order valence-corrected chi connectivity index (χ1v) is 8.62. The highest BCUT2D eigenvalue weighted by Crippen LogP contribution is 2.27. The van der Waals surface area contributed by atoms with Crippen molar-refractivity contribution in [1.29, 1.82) is 0 Å². The Morgan fingerprint density at radius 3 is 3.00 bits per heavy atom. The number of carbonyl (C=O) groups is 1. The second-order valence-corrected chi connectivity index (χ2v) is 6.62.